The van der Waals surface area contributed by atoms with E-state index in [9.17, 15) is 4.21 Å². The molecule has 0 bridgehead atoms. The first-order chi connectivity index (χ1) is 5.13. The Balaban J connectivity index is 3.06. The summed E-state index contributed by atoms with van der Waals surface area (Å²) in [6.45, 7) is 3.81. The lowest BCUT2D eigenvalue weighted by atomic mass is 10.4. The summed E-state index contributed by atoms with van der Waals surface area (Å²) in [5, 5.41) is 4.25. The second-order valence-electron chi connectivity index (χ2n) is 2.46. The van der Waals surface area contributed by atoms with E-state index in [-0.39, 0.29) is 6.04 Å². The molecular weight excluding hydrogens is 164 g/mol. The van der Waals surface area contributed by atoms with Crippen molar-refractivity contribution in [2.45, 2.75) is 24.9 Å². The Hall–Kier alpha value is -0.680. The molecule has 0 amide bonds. The van der Waals surface area contributed by atoms with E-state index in [2.05, 4.69) is 5.10 Å². The molecule has 1 heterocycles. The van der Waals surface area contributed by atoms with Gasteiger partial charge < -0.3 is 4.55 Å². The van der Waals surface area contributed by atoms with Crippen molar-refractivity contribution in [3.63, 3.8) is 0 Å². The zero-order valence-corrected chi connectivity index (χ0v) is 7.21. The molecule has 1 aromatic rings. The molecule has 0 spiro atoms. The van der Waals surface area contributed by atoms with Gasteiger partial charge in [0, 0.05) is 6.04 Å². The second-order valence-corrected chi connectivity index (χ2v) is 3.37. The molecule has 4 nitrogen and oxygen atoms in total. The molecule has 0 aliphatic carbocycles. The van der Waals surface area contributed by atoms with E-state index >= 15 is 0 Å². The molecule has 0 aliphatic heterocycles. The summed E-state index contributed by atoms with van der Waals surface area (Å²) in [5.41, 5.74) is 0. The minimum absolute atomic E-state index is 0.121. The van der Waals surface area contributed by atoms with Crippen molar-refractivity contribution < 1.29 is 8.76 Å². The van der Waals surface area contributed by atoms with Gasteiger partial charge in [0.15, 0.2) is 5.03 Å². The predicted molar refractivity (Wildman–Crippen MR) is 41.6 cm³/mol. The van der Waals surface area contributed by atoms with E-state index in [0.717, 1.165) is 0 Å². The summed E-state index contributed by atoms with van der Waals surface area (Å²) in [6, 6.07) is 1.66. The fraction of sp³-hybridized carbons (Fsp3) is 0.500. The number of rotatable bonds is 2. The molecular formula is C6H10N2O2S. The molecule has 1 rings (SSSR count). The van der Waals surface area contributed by atoms with Crippen LogP contribution in [0.2, 0.25) is 0 Å². The minimum atomic E-state index is -1.93. The van der Waals surface area contributed by atoms with Crippen LogP contribution in [0.4, 0.5) is 0 Å². The highest BCUT2D eigenvalue weighted by molar-refractivity contribution is 7.79. The average Bonchev–Trinajstić information content (AvgIpc) is 2.32. The monoisotopic (exact) mass is 174 g/mol. The van der Waals surface area contributed by atoms with Crippen molar-refractivity contribution >= 4 is 11.1 Å². The van der Waals surface area contributed by atoms with Gasteiger partial charge in [-0.25, -0.2) is 4.21 Å². The van der Waals surface area contributed by atoms with Gasteiger partial charge in [-0.3, -0.25) is 4.68 Å². The van der Waals surface area contributed by atoms with Crippen LogP contribution in [0.3, 0.4) is 0 Å². The zero-order valence-electron chi connectivity index (χ0n) is 6.39. The number of hydrogen-bond donors (Lipinski definition) is 1. The molecule has 62 valence electrons. The smallest absolute Gasteiger partial charge is 0.205 e. The van der Waals surface area contributed by atoms with Crippen LogP contribution in [0.1, 0.15) is 19.9 Å². The maximum atomic E-state index is 10.6. The van der Waals surface area contributed by atoms with Crippen molar-refractivity contribution in [1.82, 2.24) is 9.78 Å². The van der Waals surface area contributed by atoms with Crippen LogP contribution in [0, 0.1) is 0 Å². The molecule has 0 radical (unpaired) electrons. The van der Waals surface area contributed by atoms with Crippen molar-refractivity contribution in [3.05, 3.63) is 12.3 Å². The Bertz CT molecular complexity index is 269. The van der Waals surface area contributed by atoms with Gasteiger partial charge in [-0.15, -0.1) is 0 Å². The summed E-state index contributed by atoms with van der Waals surface area (Å²) in [5.74, 6) is 0. The highest BCUT2D eigenvalue weighted by Gasteiger charge is 2.09. The lowest BCUT2D eigenvalue weighted by Gasteiger charge is -2.06. The summed E-state index contributed by atoms with van der Waals surface area (Å²) in [6.07, 6.45) is 1.52. The molecule has 1 N–H and O–H groups in total. The van der Waals surface area contributed by atoms with Crippen molar-refractivity contribution in [3.8, 4) is 0 Å². The molecule has 1 aromatic heterocycles. The second kappa shape index (κ2) is 3.15. The Morgan fingerprint density at radius 3 is 2.73 bits per heavy atom. The molecule has 0 aromatic carbocycles. The van der Waals surface area contributed by atoms with E-state index < -0.39 is 11.1 Å². The standard InChI is InChI=1S/C6H10N2O2S/c1-5(2)8-6(11(9)10)3-4-7-8/h3-5H,1-2H3,(H,9,10). The molecule has 0 saturated heterocycles. The first-order valence-electron chi connectivity index (χ1n) is 3.27. The molecule has 0 aliphatic rings. The van der Waals surface area contributed by atoms with Crippen LogP contribution >= 0.6 is 0 Å². The molecule has 1 unspecified atom stereocenters. The van der Waals surface area contributed by atoms with Gasteiger partial charge in [0.1, 0.15) is 0 Å². The van der Waals surface area contributed by atoms with E-state index in [1.165, 1.54) is 16.9 Å². The third-order valence-corrected chi connectivity index (χ3v) is 1.98. The number of aromatic nitrogens is 2. The maximum absolute atomic E-state index is 10.6. The normalized spacial score (nSPS) is 13.8. The van der Waals surface area contributed by atoms with Crippen molar-refractivity contribution in [2.75, 3.05) is 0 Å². The SMILES string of the molecule is CC(C)n1nccc1S(=O)O. The Labute approximate surface area is 67.5 Å². The van der Waals surface area contributed by atoms with Gasteiger partial charge in [0.25, 0.3) is 0 Å². The minimum Gasteiger partial charge on any atom is -0.301 e. The Morgan fingerprint density at radius 1 is 1.73 bits per heavy atom. The van der Waals surface area contributed by atoms with Gasteiger partial charge in [0.05, 0.1) is 6.20 Å². The van der Waals surface area contributed by atoms with Gasteiger partial charge >= 0.3 is 0 Å². The van der Waals surface area contributed by atoms with E-state index in [0.29, 0.717) is 5.03 Å². The molecule has 11 heavy (non-hydrogen) atoms. The largest absolute Gasteiger partial charge is 0.301 e. The lowest BCUT2D eigenvalue weighted by Crippen LogP contribution is -2.07. The third kappa shape index (κ3) is 1.66. The van der Waals surface area contributed by atoms with Gasteiger partial charge in [0.2, 0.25) is 11.1 Å². The Kier molecular flexibility index (Phi) is 2.41. The summed E-state index contributed by atoms with van der Waals surface area (Å²) in [4.78, 5) is 0. The highest BCUT2D eigenvalue weighted by atomic mass is 32.2. The van der Waals surface area contributed by atoms with Crippen LogP contribution in [-0.4, -0.2) is 18.5 Å². The highest BCUT2D eigenvalue weighted by Crippen LogP contribution is 2.09. The number of hydrogen-bond acceptors (Lipinski definition) is 2. The zero-order chi connectivity index (χ0) is 8.43. The molecule has 0 saturated carbocycles. The van der Waals surface area contributed by atoms with Crippen LogP contribution in [-0.2, 0) is 11.1 Å². The average molecular weight is 174 g/mol. The molecule has 5 heteroatoms. The molecule has 0 fully saturated rings. The quantitative estimate of drug-likeness (QED) is 0.682. The summed E-state index contributed by atoms with van der Waals surface area (Å²) in [7, 11) is 0. The number of nitrogens with zero attached hydrogens (tertiary/aromatic N) is 2. The van der Waals surface area contributed by atoms with E-state index in [4.69, 9.17) is 4.55 Å². The van der Waals surface area contributed by atoms with E-state index in [1.807, 2.05) is 13.8 Å². The van der Waals surface area contributed by atoms with Crippen LogP contribution in [0.15, 0.2) is 17.3 Å². The van der Waals surface area contributed by atoms with Gasteiger partial charge in [-0.1, -0.05) is 0 Å². The maximum Gasteiger partial charge on any atom is 0.205 e. The topological polar surface area (TPSA) is 55.1 Å². The first-order valence-corrected chi connectivity index (χ1v) is 4.38. The Morgan fingerprint density at radius 2 is 2.36 bits per heavy atom. The van der Waals surface area contributed by atoms with Gasteiger partial charge in [-0.05, 0) is 19.9 Å². The van der Waals surface area contributed by atoms with Crippen molar-refractivity contribution in [2.24, 2.45) is 0 Å². The van der Waals surface area contributed by atoms with Crippen LogP contribution in [0.5, 0.6) is 0 Å². The molecule has 1 atom stereocenters. The van der Waals surface area contributed by atoms with Crippen LogP contribution in [0.25, 0.3) is 0 Å². The summed E-state index contributed by atoms with van der Waals surface area (Å²) < 4.78 is 20.9. The third-order valence-electron chi connectivity index (χ3n) is 1.30. The predicted octanol–water partition coefficient (Wildman–Crippen LogP) is 1.04. The van der Waals surface area contributed by atoms with E-state index in [1.54, 1.807) is 0 Å². The fourth-order valence-electron chi connectivity index (χ4n) is 0.828. The summed E-state index contributed by atoms with van der Waals surface area (Å²) >= 11 is -1.93. The fourth-order valence-corrected chi connectivity index (χ4v) is 1.42. The lowest BCUT2D eigenvalue weighted by molar-refractivity contribution is 0.472. The van der Waals surface area contributed by atoms with Gasteiger partial charge in [-0.2, -0.15) is 5.10 Å². The van der Waals surface area contributed by atoms with Crippen molar-refractivity contribution in [1.29, 1.82) is 0 Å². The van der Waals surface area contributed by atoms with Crippen LogP contribution < -0.4 is 0 Å². The first kappa shape index (κ1) is 8.42.